The van der Waals surface area contributed by atoms with Gasteiger partial charge in [0.05, 0.1) is 4.53 Å². The van der Waals surface area contributed by atoms with Crippen LogP contribution >= 0.6 is 34.5 Å². The van der Waals surface area contributed by atoms with E-state index in [0.717, 1.165) is 11.1 Å². The van der Waals surface area contributed by atoms with E-state index in [9.17, 15) is 4.79 Å². The summed E-state index contributed by atoms with van der Waals surface area (Å²) in [4.78, 5) is 17.6. The molecule has 0 radical (unpaired) electrons. The van der Waals surface area contributed by atoms with Crippen LogP contribution in [0.5, 0.6) is 0 Å². The first kappa shape index (κ1) is 16.3. The summed E-state index contributed by atoms with van der Waals surface area (Å²) in [6.07, 6.45) is 1.68. The summed E-state index contributed by atoms with van der Waals surface area (Å²) in [7, 11) is 0. The number of hydrogen-bond donors (Lipinski definition) is 0. The standard InChI is InChI=1S/C18H11Cl2N3OS/c1-10-5-7-11(8-6-10)16-21-18-23(22-16)17(24)15(25-18)9-12-13(19)3-2-4-14(12)20/h2-9H,1H3/b15-9-. The molecule has 124 valence electrons. The molecule has 0 aliphatic rings. The highest BCUT2D eigenvalue weighted by molar-refractivity contribution is 7.15. The Hall–Kier alpha value is -2.21. The molecular formula is C18H11Cl2N3OS. The minimum Gasteiger partial charge on any atom is -0.266 e. The second-order valence-corrected chi connectivity index (χ2v) is 7.37. The molecule has 0 unspecified atom stereocenters. The third kappa shape index (κ3) is 2.95. The Morgan fingerprint density at radius 3 is 2.40 bits per heavy atom. The zero-order chi connectivity index (χ0) is 17.6. The molecule has 2 aromatic carbocycles. The lowest BCUT2D eigenvalue weighted by Crippen LogP contribution is -2.23. The molecule has 0 N–H and O–H groups in total. The Kier molecular flexibility index (Phi) is 4.07. The van der Waals surface area contributed by atoms with Crippen molar-refractivity contribution in [3.8, 4) is 11.4 Å². The van der Waals surface area contributed by atoms with Crippen LogP contribution in [0.2, 0.25) is 10.0 Å². The van der Waals surface area contributed by atoms with Gasteiger partial charge in [0.1, 0.15) is 0 Å². The molecule has 7 heteroatoms. The quantitative estimate of drug-likeness (QED) is 0.522. The van der Waals surface area contributed by atoms with Crippen molar-refractivity contribution in [2.45, 2.75) is 6.92 Å². The summed E-state index contributed by atoms with van der Waals surface area (Å²) >= 11 is 13.6. The molecule has 4 aromatic rings. The number of nitrogens with zero attached hydrogens (tertiary/aromatic N) is 3. The number of halogens is 2. The van der Waals surface area contributed by atoms with E-state index in [-0.39, 0.29) is 5.56 Å². The Morgan fingerprint density at radius 2 is 1.76 bits per heavy atom. The number of aromatic nitrogens is 3. The van der Waals surface area contributed by atoms with Gasteiger partial charge in [0.25, 0.3) is 5.56 Å². The molecule has 0 bridgehead atoms. The Bertz CT molecular complexity index is 1180. The van der Waals surface area contributed by atoms with Crippen LogP contribution in [0.4, 0.5) is 0 Å². The SMILES string of the molecule is Cc1ccc(-c2nc3s/c(=C\c4c(Cl)cccc4Cl)c(=O)n3n2)cc1. The van der Waals surface area contributed by atoms with Gasteiger partial charge in [0, 0.05) is 21.2 Å². The maximum Gasteiger partial charge on any atom is 0.291 e. The van der Waals surface area contributed by atoms with Gasteiger partial charge in [-0.1, -0.05) is 70.4 Å². The molecular weight excluding hydrogens is 377 g/mol. The zero-order valence-corrected chi connectivity index (χ0v) is 15.4. The van der Waals surface area contributed by atoms with E-state index in [2.05, 4.69) is 10.1 Å². The van der Waals surface area contributed by atoms with Crippen LogP contribution in [0.1, 0.15) is 11.1 Å². The topological polar surface area (TPSA) is 47.3 Å². The minimum atomic E-state index is -0.234. The first-order valence-corrected chi connectivity index (χ1v) is 9.02. The van der Waals surface area contributed by atoms with Gasteiger partial charge in [-0.15, -0.1) is 5.10 Å². The average molecular weight is 388 g/mol. The minimum absolute atomic E-state index is 0.234. The summed E-state index contributed by atoms with van der Waals surface area (Å²) in [5, 5.41) is 5.32. The van der Waals surface area contributed by atoms with Crippen molar-refractivity contribution in [1.29, 1.82) is 0 Å². The third-order valence-corrected chi connectivity index (χ3v) is 5.39. The molecule has 0 fully saturated rings. The summed E-state index contributed by atoms with van der Waals surface area (Å²) in [5.74, 6) is 0.533. The van der Waals surface area contributed by atoms with Gasteiger partial charge in [0.15, 0.2) is 5.82 Å². The zero-order valence-electron chi connectivity index (χ0n) is 13.0. The summed E-state index contributed by atoms with van der Waals surface area (Å²) in [6.45, 7) is 2.01. The molecule has 4 rings (SSSR count). The van der Waals surface area contributed by atoms with Crippen molar-refractivity contribution in [1.82, 2.24) is 14.6 Å². The number of fused-ring (bicyclic) bond motifs is 1. The molecule has 2 heterocycles. The average Bonchev–Trinajstić information content (AvgIpc) is 3.12. The second-order valence-electron chi connectivity index (χ2n) is 5.55. The van der Waals surface area contributed by atoms with E-state index in [1.807, 2.05) is 31.2 Å². The van der Waals surface area contributed by atoms with E-state index < -0.39 is 0 Å². The van der Waals surface area contributed by atoms with Crippen molar-refractivity contribution in [3.05, 3.63) is 78.5 Å². The van der Waals surface area contributed by atoms with E-state index >= 15 is 0 Å². The van der Waals surface area contributed by atoms with Crippen LogP contribution in [-0.4, -0.2) is 14.6 Å². The molecule has 0 saturated heterocycles. The fraction of sp³-hybridized carbons (Fsp3) is 0.0556. The normalized spacial score (nSPS) is 12.2. The molecule has 0 amide bonds. The van der Waals surface area contributed by atoms with E-state index in [4.69, 9.17) is 23.2 Å². The van der Waals surface area contributed by atoms with E-state index in [1.165, 1.54) is 15.9 Å². The molecule has 0 saturated carbocycles. The fourth-order valence-corrected chi connectivity index (χ4v) is 3.83. The third-order valence-electron chi connectivity index (χ3n) is 3.77. The van der Waals surface area contributed by atoms with Crippen LogP contribution in [0.3, 0.4) is 0 Å². The first-order chi connectivity index (χ1) is 12.0. The maximum absolute atomic E-state index is 12.6. The van der Waals surface area contributed by atoms with Crippen LogP contribution in [0, 0.1) is 6.92 Å². The Labute approximate surface area is 157 Å². The number of hydrogen-bond acceptors (Lipinski definition) is 4. The lowest BCUT2D eigenvalue weighted by atomic mass is 10.1. The first-order valence-electron chi connectivity index (χ1n) is 7.45. The lowest BCUT2D eigenvalue weighted by Gasteiger charge is -1.99. The molecule has 4 nitrogen and oxygen atoms in total. The molecule has 0 atom stereocenters. The predicted molar refractivity (Wildman–Crippen MR) is 103 cm³/mol. The van der Waals surface area contributed by atoms with Crippen molar-refractivity contribution in [3.63, 3.8) is 0 Å². The second kappa shape index (κ2) is 6.26. The molecule has 2 aromatic heterocycles. The van der Waals surface area contributed by atoms with Crippen LogP contribution in [-0.2, 0) is 0 Å². The molecule has 0 aliphatic heterocycles. The number of benzene rings is 2. The number of aryl methyl sites for hydroxylation is 1. The van der Waals surface area contributed by atoms with Gasteiger partial charge >= 0.3 is 0 Å². The van der Waals surface area contributed by atoms with Gasteiger partial charge in [-0.3, -0.25) is 4.79 Å². The summed E-state index contributed by atoms with van der Waals surface area (Å²) in [6, 6.07) is 13.1. The highest BCUT2D eigenvalue weighted by Crippen LogP contribution is 2.25. The highest BCUT2D eigenvalue weighted by Gasteiger charge is 2.12. The van der Waals surface area contributed by atoms with E-state index in [0.29, 0.717) is 30.9 Å². The lowest BCUT2D eigenvalue weighted by molar-refractivity contribution is 0.937. The van der Waals surface area contributed by atoms with Gasteiger partial charge in [-0.05, 0) is 25.1 Å². The molecule has 0 spiro atoms. The molecule has 25 heavy (non-hydrogen) atoms. The smallest absolute Gasteiger partial charge is 0.266 e. The Balaban J connectivity index is 1.85. The Morgan fingerprint density at radius 1 is 1.08 bits per heavy atom. The fourth-order valence-electron chi connectivity index (χ4n) is 2.44. The number of thiazole rings is 1. The summed E-state index contributed by atoms with van der Waals surface area (Å²) in [5.41, 5.74) is 2.41. The number of rotatable bonds is 2. The summed E-state index contributed by atoms with van der Waals surface area (Å²) < 4.78 is 1.80. The maximum atomic E-state index is 12.6. The van der Waals surface area contributed by atoms with E-state index in [1.54, 1.807) is 24.3 Å². The largest absolute Gasteiger partial charge is 0.291 e. The van der Waals surface area contributed by atoms with Crippen LogP contribution < -0.4 is 10.1 Å². The van der Waals surface area contributed by atoms with Crippen molar-refractivity contribution >= 4 is 45.6 Å². The van der Waals surface area contributed by atoms with Crippen LogP contribution in [0.25, 0.3) is 22.4 Å². The van der Waals surface area contributed by atoms with Crippen molar-refractivity contribution in [2.75, 3.05) is 0 Å². The monoisotopic (exact) mass is 387 g/mol. The molecule has 0 aliphatic carbocycles. The van der Waals surface area contributed by atoms with Crippen molar-refractivity contribution < 1.29 is 0 Å². The van der Waals surface area contributed by atoms with Gasteiger partial charge in [-0.2, -0.15) is 9.50 Å². The van der Waals surface area contributed by atoms with Gasteiger partial charge < -0.3 is 0 Å². The van der Waals surface area contributed by atoms with Gasteiger partial charge in [-0.25, -0.2) is 0 Å². The van der Waals surface area contributed by atoms with Gasteiger partial charge in [0.2, 0.25) is 4.96 Å². The van der Waals surface area contributed by atoms with Crippen LogP contribution in [0.15, 0.2) is 47.3 Å². The predicted octanol–water partition coefficient (Wildman–Crippen LogP) is 3.98. The highest BCUT2D eigenvalue weighted by atomic mass is 35.5. The van der Waals surface area contributed by atoms with Crippen molar-refractivity contribution in [2.24, 2.45) is 0 Å².